The molecule has 0 aromatic rings. The zero-order chi connectivity index (χ0) is 15.6. The van der Waals surface area contributed by atoms with Crippen LogP contribution < -0.4 is 0 Å². The second-order valence-electron chi connectivity index (χ2n) is 5.20. The fourth-order valence-corrected chi connectivity index (χ4v) is 2.81. The summed E-state index contributed by atoms with van der Waals surface area (Å²) in [5.74, 6) is -0.318. The van der Waals surface area contributed by atoms with E-state index in [0.717, 1.165) is 9.80 Å². The zero-order valence-corrected chi connectivity index (χ0v) is 11.4. The molecule has 120 valence electrons. The Balaban J connectivity index is 1.90. The van der Waals surface area contributed by atoms with Crippen LogP contribution in [0.2, 0.25) is 0 Å². The third kappa shape index (κ3) is 3.39. The molecule has 0 aromatic carbocycles. The second-order valence-corrected chi connectivity index (χ2v) is 5.20. The molecule has 2 rings (SSSR count). The minimum Gasteiger partial charge on any atom is -0.465 e. The van der Waals surface area contributed by atoms with Gasteiger partial charge in [0.2, 0.25) is 12.2 Å². The highest BCUT2D eigenvalue weighted by Crippen LogP contribution is 2.21. The molecule has 2 unspecified atom stereocenters. The maximum absolute atomic E-state index is 13.2. The van der Waals surface area contributed by atoms with E-state index < -0.39 is 24.9 Å². The third-order valence-corrected chi connectivity index (χ3v) is 3.97. The lowest BCUT2D eigenvalue weighted by Gasteiger charge is -2.37. The van der Waals surface area contributed by atoms with E-state index >= 15 is 0 Å². The monoisotopic (exact) mass is 309 g/mol. The topological polar surface area (TPSA) is 64.1 Å². The summed E-state index contributed by atoms with van der Waals surface area (Å²) in [5.41, 5.74) is 0. The second kappa shape index (κ2) is 6.50. The number of piperazine rings is 1. The number of alkyl halides is 3. The number of nitrogens with zero attached hydrogens (tertiary/aromatic N) is 3. The van der Waals surface area contributed by atoms with Gasteiger partial charge in [0.05, 0.1) is 0 Å². The first-order chi connectivity index (χ1) is 9.91. The molecule has 0 bridgehead atoms. The lowest BCUT2D eigenvalue weighted by atomic mass is 10.1. The standard InChI is InChI=1S/C12H18F3N3O3/c13-9(14)10(15)16-4-6-17(7-5-16)11(19)8-2-1-3-18(8)12(20)21/h8-10H,1-7H2,(H,20,21). The summed E-state index contributed by atoms with van der Waals surface area (Å²) in [6.45, 7) is 0.642. The van der Waals surface area contributed by atoms with Gasteiger partial charge in [0.1, 0.15) is 6.04 Å². The van der Waals surface area contributed by atoms with Gasteiger partial charge in [0.15, 0.2) is 0 Å². The quantitative estimate of drug-likeness (QED) is 0.785. The number of carboxylic acid groups (broad SMARTS) is 1. The van der Waals surface area contributed by atoms with Crippen molar-refractivity contribution in [1.82, 2.24) is 14.7 Å². The highest BCUT2D eigenvalue weighted by atomic mass is 19.3. The zero-order valence-electron chi connectivity index (χ0n) is 11.4. The average Bonchev–Trinajstić information content (AvgIpc) is 2.95. The number of amides is 2. The molecule has 21 heavy (non-hydrogen) atoms. The van der Waals surface area contributed by atoms with Gasteiger partial charge in [-0.15, -0.1) is 0 Å². The van der Waals surface area contributed by atoms with Crippen LogP contribution in [-0.2, 0) is 4.79 Å². The Morgan fingerprint density at radius 1 is 1.05 bits per heavy atom. The van der Waals surface area contributed by atoms with Crippen molar-refractivity contribution in [2.75, 3.05) is 32.7 Å². The van der Waals surface area contributed by atoms with Gasteiger partial charge in [-0.25, -0.2) is 18.0 Å². The van der Waals surface area contributed by atoms with Crippen molar-refractivity contribution in [3.63, 3.8) is 0 Å². The van der Waals surface area contributed by atoms with E-state index in [-0.39, 0.29) is 32.1 Å². The van der Waals surface area contributed by atoms with Crippen molar-refractivity contribution in [2.45, 2.75) is 31.6 Å². The maximum atomic E-state index is 13.2. The van der Waals surface area contributed by atoms with E-state index in [1.165, 1.54) is 4.90 Å². The van der Waals surface area contributed by atoms with Gasteiger partial charge in [-0.3, -0.25) is 14.6 Å². The van der Waals surface area contributed by atoms with Crippen LogP contribution >= 0.6 is 0 Å². The first-order valence-corrected chi connectivity index (χ1v) is 6.86. The van der Waals surface area contributed by atoms with Crippen LogP contribution in [-0.4, -0.2) is 83.3 Å². The molecule has 2 aliphatic rings. The van der Waals surface area contributed by atoms with Crippen molar-refractivity contribution in [3.8, 4) is 0 Å². The number of carbonyl (C=O) groups is 2. The molecular formula is C12H18F3N3O3. The van der Waals surface area contributed by atoms with Gasteiger partial charge < -0.3 is 10.0 Å². The molecule has 0 radical (unpaired) electrons. The summed E-state index contributed by atoms with van der Waals surface area (Å²) in [5, 5.41) is 9.02. The van der Waals surface area contributed by atoms with Crippen LogP contribution in [0.3, 0.4) is 0 Å². The fraction of sp³-hybridized carbons (Fsp3) is 0.833. The van der Waals surface area contributed by atoms with E-state index in [9.17, 15) is 22.8 Å². The lowest BCUT2D eigenvalue weighted by Crippen LogP contribution is -2.56. The summed E-state index contributed by atoms with van der Waals surface area (Å²) in [6.07, 6.45) is -5.42. The van der Waals surface area contributed by atoms with Crippen molar-refractivity contribution in [1.29, 1.82) is 0 Å². The van der Waals surface area contributed by atoms with E-state index in [1.54, 1.807) is 0 Å². The summed E-state index contributed by atoms with van der Waals surface area (Å²) in [6, 6.07) is -0.703. The maximum Gasteiger partial charge on any atom is 0.407 e. The SMILES string of the molecule is O=C(C1CCCN1C(=O)O)N1CCN(C(F)C(F)F)CC1. The van der Waals surface area contributed by atoms with Crippen LogP contribution in [0, 0.1) is 0 Å². The Labute approximate surface area is 120 Å². The van der Waals surface area contributed by atoms with Gasteiger partial charge in [-0.1, -0.05) is 0 Å². The molecule has 2 saturated heterocycles. The first kappa shape index (κ1) is 15.9. The molecule has 2 aliphatic heterocycles. The normalized spacial score (nSPS) is 25.4. The molecule has 0 aliphatic carbocycles. The molecule has 9 heteroatoms. The number of rotatable bonds is 3. The average molecular weight is 309 g/mol. The van der Waals surface area contributed by atoms with Gasteiger partial charge in [0, 0.05) is 32.7 Å². The predicted molar refractivity (Wildman–Crippen MR) is 66.8 cm³/mol. The molecule has 2 amide bonds. The van der Waals surface area contributed by atoms with Gasteiger partial charge >= 0.3 is 6.09 Å². The number of hydrogen-bond donors (Lipinski definition) is 1. The summed E-state index contributed by atoms with van der Waals surface area (Å²) in [7, 11) is 0. The van der Waals surface area contributed by atoms with Crippen molar-refractivity contribution >= 4 is 12.0 Å². The minimum atomic E-state index is -3.07. The number of likely N-dealkylation sites (tertiary alicyclic amines) is 1. The summed E-state index contributed by atoms with van der Waals surface area (Å²) in [4.78, 5) is 26.8. The Morgan fingerprint density at radius 2 is 1.67 bits per heavy atom. The Kier molecular flexibility index (Phi) is 4.92. The molecule has 0 saturated carbocycles. The Bertz CT molecular complexity index is 402. The largest absolute Gasteiger partial charge is 0.465 e. The van der Waals surface area contributed by atoms with Crippen LogP contribution in [0.4, 0.5) is 18.0 Å². The lowest BCUT2D eigenvalue weighted by molar-refractivity contribution is -0.139. The van der Waals surface area contributed by atoms with Crippen LogP contribution in [0.1, 0.15) is 12.8 Å². The molecule has 2 atom stereocenters. The highest BCUT2D eigenvalue weighted by Gasteiger charge is 2.38. The predicted octanol–water partition coefficient (Wildman–Crippen LogP) is 0.834. The Morgan fingerprint density at radius 3 is 2.19 bits per heavy atom. The summed E-state index contributed by atoms with van der Waals surface area (Å²) >= 11 is 0. The Hall–Kier alpha value is -1.51. The molecule has 6 nitrogen and oxygen atoms in total. The molecule has 1 N–H and O–H groups in total. The minimum absolute atomic E-state index is 0.0248. The molecule has 2 heterocycles. The summed E-state index contributed by atoms with van der Waals surface area (Å²) < 4.78 is 37.8. The number of halogens is 3. The third-order valence-electron chi connectivity index (χ3n) is 3.97. The van der Waals surface area contributed by atoms with Gasteiger partial charge in [0.25, 0.3) is 6.43 Å². The van der Waals surface area contributed by atoms with Crippen LogP contribution in [0.5, 0.6) is 0 Å². The first-order valence-electron chi connectivity index (χ1n) is 6.86. The van der Waals surface area contributed by atoms with Crippen molar-refractivity contribution in [3.05, 3.63) is 0 Å². The van der Waals surface area contributed by atoms with E-state index in [0.29, 0.717) is 19.4 Å². The van der Waals surface area contributed by atoms with Crippen molar-refractivity contribution < 1.29 is 27.9 Å². The number of hydrogen-bond acceptors (Lipinski definition) is 3. The van der Waals surface area contributed by atoms with Crippen molar-refractivity contribution in [2.24, 2.45) is 0 Å². The van der Waals surface area contributed by atoms with E-state index in [2.05, 4.69) is 0 Å². The van der Waals surface area contributed by atoms with E-state index in [4.69, 9.17) is 5.11 Å². The van der Waals surface area contributed by atoms with E-state index in [1.807, 2.05) is 0 Å². The van der Waals surface area contributed by atoms with Gasteiger partial charge in [-0.2, -0.15) is 0 Å². The molecular weight excluding hydrogens is 291 g/mol. The van der Waals surface area contributed by atoms with Gasteiger partial charge in [-0.05, 0) is 12.8 Å². The van der Waals surface area contributed by atoms with Crippen LogP contribution in [0.15, 0.2) is 0 Å². The smallest absolute Gasteiger partial charge is 0.407 e. The molecule has 0 aromatic heterocycles. The molecule has 2 fully saturated rings. The molecule has 0 spiro atoms. The highest BCUT2D eigenvalue weighted by molar-refractivity contribution is 5.86. The van der Waals surface area contributed by atoms with Crippen LogP contribution in [0.25, 0.3) is 0 Å². The fourth-order valence-electron chi connectivity index (χ4n) is 2.81. The number of carbonyl (C=O) groups excluding carboxylic acids is 1.